The van der Waals surface area contributed by atoms with E-state index in [1.165, 1.54) is 43.6 Å². The van der Waals surface area contributed by atoms with Crippen molar-refractivity contribution in [2.45, 2.75) is 64.6 Å². The molecule has 2 atom stereocenters. The Morgan fingerprint density at radius 3 is 1.62 bits per heavy atom. The molecule has 2 aliphatic rings. The number of aromatic nitrogens is 6. The molecule has 8 N–H and O–H groups in total. The average molecular weight is 1100 g/mol. The van der Waals surface area contributed by atoms with Gasteiger partial charge in [-0.2, -0.15) is 9.97 Å². The Bertz CT molecular complexity index is 3290. The van der Waals surface area contributed by atoms with Gasteiger partial charge < -0.3 is 75.3 Å². The molecule has 2 unspecified atom stereocenters. The van der Waals surface area contributed by atoms with Gasteiger partial charge in [-0.3, -0.25) is 19.2 Å². The van der Waals surface area contributed by atoms with E-state index >= 15 is 0 Å². The van der Waals surface area contributed by atoms with Gasteiger partial charge in [-0.1, -0.05) is 44.0 Å². The number of piperidine rings is 2. The second-order valence-corrected chi connectivity index (χ2v) is 20.3. The summed E-state index contributed by atoms with van der Waals surface area (Å²) in [7, 11) is 9.22. The van der Waals surface area contributed by atoms with Crippen molar-refractivity contribution in [3.63, 3.8) is 0 Å². The number of halogens is 2. The number of likely N-dealkylation sites (N-methyl/N-ethyl adjacent to an activating group) is 2. The molecule has 3 amide bonds. The zero-order valence-corrected chi connectivity index (χ0v) is 45.8. The molecule has 77 heavy (non-hydrogen) atoms. The topological polar surface area (TPSA) is 297 Å². The fraction of sp³-hybridized carbons (Fsp3) is 0.431. The molecule has 0 radical (unpaired) electrons. The number of hydrogen-bond acceptors (Lipinski definition) is 18. The number of methoxy groups -OCH3 is 2. The predicted molar refractivity (Wildman–Crippen MR) is 295 cm³/mol. The molecule has 0 bridgehead atoms. The van der Waals surface area contributed by atoms with Crippen LogP contribution >= 0.6 is 23.2 Å². The Morgan fingerprint density at radius 2 is 1.18 bits per heavy atom. The average Bonchev–Trinajstić information content (AvgIpc) is 3.42. The summed E-state index contributed by atoms with van der Waals surface area (Å²) in [6, 6.07) is 10.2. The van der Waals surface area contributed by atoms with Gasteiger partial charge in [0.2, 0.25) is 11.9 Å². The Hall–Kier alpha value is -7.83. The highest BCUT2D eigenvalue weighted by Crippen LogP contribution is 2.38. The number of amides is 3. The minimum absolute atomic E-state index is 0.0178. The molecule has 0 aliphatic carbocycles. The van der Waals surface area contributed by atoms with Crippen molar-refractivity contribution >= 4 is 97.8 Å². The molecule has 26 heteroatoms. The number of carbonyl (C=O) groups excluding carboxylic acids is 2. The molecule has 2 saturated heterocycles. The summed E-state index contributed by atoms with van der Waals surface area (Å²) >= 11 is 12.9. The van der Waals surface area contributed by atoms with Crippen LogP contribution in [0, 0.1) is 5.41 Å². The summed E-state index contributed by atoms with van der Waals surface area (Å²) in [5.41, 5.74) is 7.37. The molecule has 4 aromatic heterocycles. The predicted octanol–water partition coefficient (Wildman–Crippen LogP) is 5.30. The summed E-state index contributed by atoms with van der Waals surface area (Å²) in [6.45, 7) is 7.85. The number of benzene rings is 2. The van der Waals surface area contributed by atoms with Crippen LogP contribution in [0.25, 0.3) is 21.8 Å². The Balaban J connectivity index is 0.000000227. The molecular formula is C51H64Cl2N14O10. The van der Waals surface area contributed by atoms with Gasteiger partial charge in [0.25, 0.3) is 22.9 Å². The van der Waals surface area contributed by atoms with E-state index < -0.39 is 11.7 Å². The van der Waals surface area contributed by atoms with Gasteiger partial charge in [-0.25, -0.2) is 14.8 Å². The number of rotatable bonds is 15. The zero-order chi connectivity index (χ0) is 55.9. The summed E-state index contributed by atoms with van der Waals surface area (Å²) < 4.78 is 24.9. The van der Waals surface area contributed by atoms with Crippen LogP contribution in [0.1, 0.15) is 46.5 Å². The lowest BCUT2D eigenvalue weighted by atomic mass is 9.79. The van der Waals surface area contributed by atoms with Crippen LogP contribution in [-0.4, -0.2) is 131 Å². The number of hydrogen-bond donors (Lipinski definition) is 7. The Morgan fingerprint density at radius 1 is 0.714 bits per heavy atom. The quantitative estimate of drug-likeness (QED) is 0.0687. The lowest BCUT2D eigenvalue weighted by Crippen LogP contribution is -2.55. The molecule has 2 aromatic carbocycles. The van der Waals surface area contributed by atoms with Gasteiger partial charge in [-0.15, -0.1) is 0 Å². The molecule has 412 valence electrons. The largest absolute Gasteiger partial charge is 0.494 e. The van der Waals surface area contributed by atoms with E-state index in [0.717, 1.165) is 25.9 Å². The molecular weight excluding hydrogens is 1040 g/mol. The molecule has 6 aromatic rings. The number of fused-ring (bicyclic) bond motifs is 2. The SMILES string of the molecule is CNC(=O)COc1cc2cc(Nc3nc(N4CCC(N)CC4)ncc3Cl)cc(OC)c2n(C)c1=O.CNC(=O)COc1cc2cc(Nc3nc(N4CCC(NC(=O)O)CC4C(C)(C)C)ncc3Cl)cc(OC)c2n(C)c1=O. The van der Waals surface area contributed by atoms with Crippen molar-refractivity contribution in [2.24, 2.45) is 25.2 Å². The standard InChI is InChI=1S/C28H36ClN7O6.C23H28ClN7O4/c1-28(2,3)21-12-16(33-27(39)40)7-8-36(21)26-31-13-18(29)24(34-26)32-17-9-15-10-20(42-14-22(37)30-4)25(38)35(5)23(15)19(11-17)41-6;1-26-19(32)12-35-18-9-13-8-15(10-17(34-3)20(13)30(2)22(18)33)28-21-16(24)11-27-23(29-21)31-6-4-14(25)5-7-31/h9-11,13,16,21,33H,7-8,12,14H2,1-6H3,(H,30,37)(H,39,40)(H,31,32,34);8-11,14H,4-7,12,25H2,1-3H3,(H,26,32)(H,27,28,29). The number of ether oxygens (including phenoxy) is 4. The first kappa shape index (κ1) is 56.9. The number of pyridine rings is 2. The summed E-state index contributed by atoms with van der Waals surface area (Å²) in [5, 5.41) is 25.2. The maximum Gasteiger partial charge on any atom is 0.404 e. The van der Waals surface area contributed by atoms with Crippen LogP contribution in [0.3, 0.4) is 0 Å². The van der Waals surface area contributed by atoms with Crippen molar-refractivity contribution in [3.8, 4) is 23.0 Å². The highest BCUT2D eigenvalue weighted by molar-refractivity contribution is 6.33. The van der Waals surface area contributed by atoms with Gasteiger partial charge in [0, 0.05) is 100 Å². The monoisotopic (exact) mass is 1100 g/mol. The van der Waals surface area contributed by atoms with Crippen LogP contribution in [0.5, 0.6) is 23.0 Å². The van der Waals surface area contributed by atoms with Crippen LogP contribution < -0.4 is 72.2 Å². The van der Waals surface area contributed by atoms with Crippen molar-refractivity contribution in [1.82, 2.24) is 45.0 Å². The maximum absolute atomic E-state index is 12.9. The minimum Gasteiger partial charge on any atom is -0.494 e. The first-order valence-corrected chi connectivity index (χ1v) is 25.3. The van der Waals surface area contributed by atoms with Crippen molar-refractivity contribution in [1.29, 1.82) is 0 Å². The number of nitrogens with zero attached hydrogens (tertiary/aromatic N) is 8. The molecule has 0 spiro atoms. The molecule has 0 saturated carbocycles. The minimum atomic E-state index is -1.04. The second-order valence-electron chi connectivity index (χ2n) is 19.5. The van der Waals surface area contributed by atoms with Gasteiger partial charge in [0.1, 0.15) is 21.5 Å². The number of carboxylic acid groups (broad SMARTS) is 1. The van der Waals surface area contributed by atoms with E-state index in [1.54, 1.807) is 50.6 Å². The van der Waals surface area contributed by atoms with E-state index in [1.807, 2.05) is 6.07 Å². The number of anilines is 6. The molecule has 2 fully saturated rings. The number of aryl methyl sites for hydroxylation is 2. The third-order valence-electron chi connectivity index (χ3n) is 13.2. The van der Waals surface area contributed by atoms with Gasteiger partial charge in [0.05, 0.1) is 37.6 Å². The van der Waals surface area contributed by atoms with E-state index in [9.17, 15) is 29.1 Å². The number of nitrogens with one attached hydrogen (secondary N) is 5. The molecule has 6 heterocycles. The van der Waals surface area contributed by atoms with Gasteiger partial charge >= 0.3 is 6.09 Å². The van der Waals surface area contributed by atoms with E-state index in [-0.39, 0.29) is 65.6 Å². The lowest BCUT2D eigenvalue weighted by molar-refractivity contribution is -0.123. The first-order valence-electron chi connectivity index (χ1n) is 24.6. The highest BCUT2D eigenvalue weighted by atomic mass is 35.5. The van der Waals surface area contributed by atoms with E-state index in [2.05, 4.69) is 72.1 Å². The van der Waals surface area contributed by atoms with Crippen LogP contribution in [-0.2, 0) is 23.7 Å². The summed E-state index contributed by atoms with van der Waals surface area (Å²) in [5.74, 6) is 2.10. The first-order chi connectivity index (χ1) is 36.6. The Labute approximate surface area is 453 Å². The molecule has 8 rings (SSSR count). The Kier molecular flexibility index (Phi) is 18.1. The van der Waals surface area contributed by atoms with Crippen molar-refractivity contribution in [3.05, 3.63) is 79.5 Å². The summed E-state index contributed by atoms with van der Waals surface area (Å²) in [4.78, 5) is 82.6. The fourth-order valence-electron chi connectivity index (χ4n) is 9.12. The van der Waals surface area contributed by atoms with Crippen molar-refractivity contribution < 1.29 is 38.4 Å². The summed E-state index contributed by atoms with van der Waals surface area (Å²) in [6.07, 6.45) is 5.02. The maximum atomic E-state index is 12.9. The van der Waals surface area contributed by atoms with E-state index in [0.29, 0.717) is 97.6 Å². The highest BCUT2D eigenvalue weighted by Gasteiger charge is 2.38. The van der Waals surface area contributed by atoms with Crippen LogP contribution in [0.15, 0.2) is 58.4 Å². The van der Waals surface area contributed by atoms with Gasteiger partial charge in [0.15, 0.2) is 36.3 Å². The normalized spacial score (nSPS) is 15.7. The second kappa shape index (κ2) is 24.4. The lowest BCUT2D eigenvalue weighted by Gasteiger charge is -2.46. The number of carbonyl (C=O) groups is 3. The van der Waals surface area contributed by atoms with E-state index in [4.69, 9.17) is 52.9 Å². The fourth-order valence-corrected chi connectivity index (χ4v) is 9.39. The number of nitrogens with two attached hydrogens (primary N) is 1. The van der Waals surface area contributed by atoms with Crippen LogP contribution in [0.2, 0.25) is 10.0 Å². The zero-order valence-electron chi connectivity index (χ0n) is 44.2. The van der Waals surface area contributed by atoms with Gasteiger partial charge in [-0.05, 0) is 55.4 Å². The van der Waals surface area contributed by atoms with Crippen LogP contribution in [0.4, 0.5) is 39.7 Å². The molecule has 24 nitrogen and oxygen atoms in total. The smallest absolute Gasteiger partial charge is 0.404 e. The third kappa shape index (κ3) is 13.4. The van der Waals surface area contributed by atoms with Crippen molar-refractivity contribution in [2.75, 3.05) is 81.6 Å². The molecule has 2 aliphatic heterocycles. The third-order valence-corrected chi connectivity index (χ3v) is 13.7.